The Bertz CT molecular complexity index is 808. The molecule has 0 saturated carbocycles. The fourth-order valence-corrected chi connectivity index (χ4v) is 4.23. The third-order valence-electron chi connectivity index (χ3n) is 5.60. The van der Waals surface area contributed by atoms with Crippen LogP contribution in [0, 0.1) is 0 Å². The maximum absolute atomic E-state index is 13.7. The van der Waals surface area contributed by atoms with Gasteiger partial charge in [0.25, 0.3) is 11.8 Å². The van der Waals surface area contributed by atoms with Crippen molar-refractivity contribution in [1.82, 2.24) is 10.2 Å². The van der Waals surface area contributed by atoms with Crippen LogP contribution < -0.4 is 5.32 Å². The molecule has 2 aromatic rings. The molecule has 2 unspecified atom stereocenters. The number of hydrogen-bond acceptors (Lipinski definition) is 2. The number of nitrogens with zero attached hydrogens (tertiary/aromatic N) is 1. The van der Waals surface area contributed by atoms with Gasteiger partial charge in [-0.2, -0.15) is 0 Å². The van der Waals surface area contributed by atoms with Gasteiger partial charge in [0, 0.05) is 29.8 Å². The van der Waals surface area contributed by atoms with Gasteiger partial charge in [-0.3, -0.25) is 9.59 Å². The van der Waals surface area contributed by atoms with E-state index in [1.54, 1.807) is 24.3 Å². The van der Waals surface area contributed by atoms with Crippen LogP contribution in [0.25, 0.3) is 0 Å². The summed E-state index contributed by atoms with van der Waals surface area (Å²) in [5.41, 5.74) is 2.18. The number of rotatable bonds is 4. The van der Waals surface area contributed by atoms with Crippen LogP contribution in [0.1, 0.15) is 52.0 Å². The fourth-order valence-electron chi connectivity index (χ4n) is 4.23. The summed E-state index contributed by atoms with van der Waals surface area (Å²) in [7, 11) is 0. The van der Waals surface area contributed by atoms with Crippen molar-refractivity contribution in [3.05, 3.63) is 71.3 Å². The van der Waals surface area contributed by atoms with Crippen LogP contribution in [-0.2, 0) is 6.54 Å². The van der Waals surface area contributed by atoms with Gasteiger partial charge in [0.15, 0.2) is 0 Å². The molecule has 2 heterocycles. The van der Waals surface area contributed by atoms with Crippen molar-refractivity contribution in [2.75, 3.05) is 0 Å². The lowest BCUT2D eigenvalue weighted by molar-refractivity contribution is 0.0479. The lowest BCUT2D eigenvalue weighted by Crippen LogP contribution is -2.47. The molecular weight excluding hydrogens is 343 g/mol. The third kappa shape index (κ3) is 3.72. The van der Waals surface area contributed by atoms with Gasteiger partial charge in [-0.1, -0.05) is 30.3 Å². The average Bonchev–Trinajstić information content (AvgIpc) is 2.97. The normalized spacial score (nSPS) is 23.9. The highest BCUT2D eigenvalue weighted by Crippen LogP contribution is 2.37. The minimum Gasteiger partial charge on any atom is -0.348 e. The molecule has 4 rings (SSSR count). The topological polar surface area (TPSA) is 49.4 Å². The molecule has 2 aliphatic heterocycles. The molecule has 4 nitrogen and oxygen atoms in total. The summed E-state index contributed by atoms with van der Waals surface area (Å²) in [6.45, 7) is 0.403. The van der Waals surface area contributed by atoms with E-state index in [0.717, 1.165) is 18.4 Å². The summed E-state index contributed by atoms with van der Waals surface area (Å²) in [5.74, 6) is -0.129. The minimum atomic E-state index is -0.776. The van der Waals surface area contributed by atoms with Crippen molar-refractivity contribution < 1.29 is 14.0 Å². The van der Waals surface area contributed by atoms with Crippen LogP contribution in [-0.4, -0.2) is 35.0 Å². The summed E-state index contributed by atoms with van der Waals surface area (Å²) in [6, 6.07) is 16.5. The van der Waals surface area contributed by atoms with E-state index in [-0.39, 0.29) is 23.9 Å². The molecule has 27 heavy (non-hydrogen) atoms. The van der Waals surface area contributed by atoms with Gasteiger partial charge in [0.2, 0.25) is 0 Å². The summed E-state index contributed by atoms with van der Waals surface area (Å²) >= 11 is 0. The second kappa shape index (κ2) is 7.51. The average molecular weight is 366 g/mol. The van der Waals surface area contributed by atoms with Crippen molar-refractivity contribution in [3.8, 4) is 0 Å². The number of benzene rings is 2. The maximum Gasteiger partial charge on any atom is 0.254 e. The Morgan fingerprint density at radius 3 is 2.19 bits per heavy atom. The van der Waals surface area contributed by atoms with E-state index < -0.39 is 6.17 Å². The van der Waals surface area contributed by atoms with E-state index in [0.29, 0.717) is 30.5 Å². The zero-order valence-electron chi connectivity index (χ0n) is 15.1. The van der Waals surface area contributed by atoms with Gasteiger partial charge >= 0.3 is 0 Å². The molecule has 5 heteroatoms. The molecule has 2 aromatic carbocycles. The number of nitrogens with one attached hydrogen (secondary N) is 1. The van der Waals surface area contributed by atoms with Gasteiger partial charge in [-0.25, -0.2) is 4.39 Å². The van der Waals surface area contributed by atoms with Crippen LogP contribution in [0.15, 0.2) is 54.6 Å². The second-order valence-corrected chi connectivity index (χ2v) is 7.41. The standard InChI is InChI=1S/C22H23FN2O2/c23-18-12-19-10-11-20(13-18)25(19)22(27)17-8-6-15(7-9-17)14-24-21(26)16-4-2-1-3-5-16/h1-9,18-20H,10-14H2,(H,24,26). The predicted octanol–water partition coefficient (Wildman–Crippen LogP) is 3.72. The number of hydrogen-bond donors (Lipinski definition) is 1. The minimum absolute atomic E-state index is 0.00530. The summed E-state index contributed by atoms with van der Waals surface area (Å²) < 4.78 is 13.7. The zero-order chi connectivity index (χ0) is 18.8. The number of alkyl halides is 1. The van der Waals surface area contributed by atoms with E-state index in [4.69, 9.17) is 0 Å². The Balaban J connectivity index is 1.38. The number of piperidine rings is 1. The summed E-state index contributed by atoms with van der Waals surface area (Å²) in [6.07, 6.45) is 1.96. The Kier molecular flexibility index (Phi) is 4.92. The van der Waals surface area contributed by atoms with E-state index >= 15 is 0 Å². The van der Waals surface area contributed by atoms with Crippen molar-refractivity contribution in [3.63, 3.8) is 0 Å². The third-order valence-corrected chi connectivity index (χ3v) is 5.60. The van der Waals surface area contributed by atoms with Crippen LogP contribution in [0.2, 0.25) is 0 Å². The lowest BCUT2D eigenvalue weighted by atomic mass is 9.99. The summed E-state index contributed by atoms with van der Waals surface area (Å²) in [5, 5.41) is 2.88. The van der Waals surface area contributed by atoms with Gasteiger partial charge in [-0.15, -0.1) is 0 Å². The van der Waals surface area contributed by atoms with Crippen LogP contribution in [0.5, 0.6) is 0 Å². The zero-order valence-corrected chi connectivity index (χ0v) is 15.1. The molecule has 1 N–H and O–H groups in total. The highest BCUT2D eigenvalue weighted by molar-refractivity contribution is 5.95. The van der Waals surface area contributed by atoms with E-state index in [2.05, 4.69) is 5.32 Å². The van der Waals surface area contributed by atoms with Crippen molar-refractivity contribution in [2.45, 2.75) is 50.5 Å². The molecule has 140 valence electrons. The van der Waals surface area contributed by atoms with E-state index in [9.17, 15) is 14.0 Å². The number of carbonyl (C=O) groups excluding carboxylic acids is 2. The van der Waals surface area contributed by atoms with Crippen LogP contribution in [0.4, 0.5) is 4.39 Å². The number of carbonyl (C=O) groups is 2. The van der Waals surface area contributed by atoms with Gasteiger partial charge in [0.1, 0.15) is 6.17 Å². The molecule has 0 aliphatic carbocycles. The smallest absolute Gasteiger partial charge is 0.254 e. The predicted molar refractivity (Wildman–Crippen MR) is 101 cm³/mol. The van der Waals surface area contributed by atoms with E-state index in [1.807, 2.05) is 35.2 Å². The second-order valence-electron chi connectivity index (χ2n) is 7.41. The molecule has 0 spiro atoms. The highest BCUT2D eigenvalue weighted by Gasteiger charge is 2.43. The Morgan fingerprint density at radius 1 is 0.926 bits per heavy atom. The molecule has 2 aliphatic rings. The van der Waals surface area contributed by atoms with Crippen molar-refractivity contribution >= 4 is 11.8 Å². The molecule has 2 amide bonds. The largest absolute Gasteiger partial charge is 0.348 e. The van der Waals surface area contributed by atoms with Crippen molar-refractivity contribution in [2.24, 2.45) is 0 Å². The molecule has 2 atom stereocenters. The fraction of sp³-hybridized carbons (Fsp3) is 0.364. The molecule has 0 aromatic heterocycles. The number of halogens is 1. The van der Waals surface area contributed by atoms with Crippen LogP contribution >= 0.6 is 0 Å². The molecule has 0 radical (unpaired) electrons. The molecule has 2 saturated heterocycles. The van der Waals surface area contributed by atoms with Gasteiger partial charge < -0.3 is 10.2 Å². The first kappa shape index (κ1) is 17.7. The van der Waals surface area contributed by atoms with E-state index in [1.165, 1.54) is 0 Å². The SMILES string of the molecule is O=C(NCc1ccc(C(=O)N2C3CCC2CC(F)C3)cc1)c1ccccc1. The lowest BCUT2D eigenvalue weighted by Gasteiger charge is -2.36. The first-order chi connectivity index (χ1) is 13.1. The van der Waals surface area contributed by atoms with Crippen molar-refractivity contribution in [1.29, 1.82) is 0 Å². The molecular formula is C22H23FN2O2. The first-order valence-electron chi connectivity index (χ1n) is 9.51. The monoisotopic (exact) mass is 366 g/mol. The number of amides is 2. The molecule has 2 fully saturated rings. The summed E-state index contributed by atoms with van der Waals surface area (Å²) in [4.78, 5) is 26.9. The Labute approximate surface area is 158 Å². The Hall–Kier alpha value is -2.69. The number of fused-ring (bicyclic) bond motifs is 2. The van der Waals surface area contributed by atoms with Gasteiger partial charge in [-0.05, 0) is 55.5 Å². The maximum atomic E-state index is 13.7. The van der Waals surface area contributed by atoms with Gasteiger partial charge in [0.05, 0.1) is 0 Å². The molecule has 2 bridgehead atoms. The van der Waals surface area contributed by atoms with Crippen LogP contribution in [0.3, 0.4) is 0 Å². The highest BCUT2D eigenvalue weighted by atomic mass is 19.1. The first-order valence-corrected chi connectivity index (χ1v) is 9.51. The quantitative estimate of drug-likeness (QED) is 0.897. The Morgan fingerprint density at radius 2 is 1.56 bits per heavy atom.